The van der Waals surface area contributed by atoms with Gasteiger partial charge < -0.3 is 18.9 Å². The first-order valence-corrected chi connectivity index (χ1v) is 13.4. The van der Waals surface area contributed by atoms with Crippen molar-refractivity contribution in [2.24, 2.45) is 0 Å². The minimum absolute atomic E-state index is 0.217. The smallest absolute Gasteiger partial charge is 0.330 e. The fraction of sp³-hybridized carbons (Fsp3) is 0.273. The second-order valence-electron chi connectivity index (χ2n) is 10.0. The largest absolute Gasteiger partial charge is 0.493 e. The molecule has 0 spiro atoms. The molecule has 1 aliphatic heterocycles. The maximum atomic E-state index is 16.0. The molecule has 1 N–H and O–H groups in total. The number of aryl methyl sites for hydroxylation is 1. The predicted molar refractivity (Wildman–Crippen MR) is 156 cm³/mol. The summed E-state index contributed by atoms with van der Waals surface area (Å²) in [5, 5.41) is 0. The molecule has 0 saturated carbocycles. The number of aromatic nitrogens is 2. The zero-order valence-corrected chi connectivity index (χ0v) is 23.5. The fourth-order valence-electron chi connectivity index (χ4n) is 5.44. The maximum absolute atomic E-state index is 16.0. The normalized spacial score (nSPS) is 20.2. The monoisotopic (exact) mass is 570 g/mol. The summed E-state index contributed by atoms with van der Waals surface area (Å²) in [6.07, 6.45) is 4.33. The molecule has 0 unspecified atom stereocenters. The van der Waals surface area contributed by atoms with Crippen LogP contribution in [-0.4, -0.2) is 42.2 Å². The molecule has 0 bridgehead atoms. The number of hydrogen-bond acceptors (Lipinski definition) is 6. The van der Waals surface area contributed by atoms with Crippen LogP contribution in [0.5, 0.6) is 11.5 Å². The van der Waals surface area contributed by atoms with Gasteiger partial charge in [0.1, 0.15) is 18.0 Å². The van der Waals surface area contributed by atoms with Crippen LogP contribution in [0, 0.1) is 19.3 Å². The van der Waals surface area contributed by atoms with Gasteiger partial charge in [-0.05, 0) is 24.1 Å². The van der Waals surface area contributed by atoms with Crippen molar-refractivity contribution in [3.8, 4) is 23.8 Å². The summed E-state index contributed by atoms with van der Waals surface area (Å²) < 4.78 is 41.5. The molecule has 1 fully saturated rings. The lowest BCUT2D eigenvalue weighted by atomic mass is 9.79. The van der Waals surface area contributed by atoms with Crippen molar-refractivity contribution in [2.45, 2.75) is 36.9 Å². The van der Waals surface area contributed by atoms with Crippen molar-refractivity contribution in [2.75, 3.05) is 20.8 Å². The molecule has 3 atom stereocenters. The highest BCUT2D eigenvalue weighted by Gasteiger charge is 2.52. The number of H-pyrrole nitrogens is 1. The fourth-order valence-corrected chi connectivity index (χ4v) is 5.44. The Balaban J connectivity index is 1.65. The van der Waals surface area contributed by atoms with E-state index in [-0.39, 0.29) is 18.6 Å². The van der Waals surface area contributed by atoms with Crippen molar-refractivity contribution in [1.82, 2.24) is 9.55 Å². The molecule has 1 aliphatic rings. The Morgan fingerprint density at radius 3 is 2.24 bits per heavy atom. The molecule has 2 heterocycles. The first-order chi connectivity index (χ1) is 20.3. The second-order valence-corrected chi connectivity index (χ2v) is 10.0. The van der Waals surface area contributed by atoms with Gasteiger partial charge in [-0.15, -0.1) is 6.42 Å². The lowest BCUT2D eigenvalue weighted by molar-refractivity contribution is -0.122. The topological polar surface area (TPSA) is 91.8 Å². The summed E-state index contributed by atoms with van der Waals surface area (Å²) in [5.74, 6) is 3.40. The average molecular weight is 571 g/mol. The molecular weight excluding hydrogens is 539 g/mol. The van der Waals surface area contributed by atoms with E-state index in [2.05, 4.69) is 10.9 Å². The number of methoxy groups -OCH3 is 2. The van der Waals surface area contributed by atoms with E-state index in [1.807, 2.05) is 72.8 Å². The lowest BCUT2D eigenvalue weighted by Gasteiger charge is -2.39. The van der Waals surface area contributed by atoms with Crippen LogP contribution in [-0.2, 0) is 15.1 Å². The molecule has 1 saturated heterocycles. The predicted octanol–water partition coefficient (Wildman–Crippen LogP) is 4.50. The Kier molecular flexibility index (Phi) is 8.03. The van der Waals surface area contributed by atoms with Crippen LogP contribution < -0.4 is 20.7 Å². The first kappa shape index (κ1) is 28.9. The summed E-state index contributed by atoms with van der Waals surface area (Å²) in [6.45, 7) is 1.16. The Morgan fingerprint density at radius 2 is 1.67 bits per heavy atom. The molecular formula is C33H31FN2O6. The quantitative estimate of drug-likeness (QED) is 0.235. The van der Waals surface area contributed by atoms with Crippen LogP contribution in [0.25, 0.3) is 0 Å². The van der Waals surface area contributed by atoms with Crippen molar-refractivity contribution < 1.29 is 23.3 Å². The number of ether oxygens (including phenoxy) is 4. The number of alkyl halides is 1. The highest BCUT2D eigenvalue weighted by Crippen LogP contribution is 2.49. The number of nitrogens with one attached hydrogen (secondary N) is 1. The number of aromatic amines is 1. The van der Waals surface area contributed by atoms with E-state index in [0.717, 1.165) is 15.7 Å². The van der Waals surface area contributed by atoms with E-state index in [4.69, 9.17) is 25.4 Å². The zero-order valence-electron chi connectivity index (χ0n) is 23.5. The number of para-hydroxylation sites is 1. The van der Waals surface area contributed by atoms with Gasteiger partial charge in [0.05, 0.1) is 20.8 Å². The van der Waals surface area contributed by atoms with Gasteiger partial charge in [0, 0.05) is 23.7 Å². The highest BCUT2D eigenvalue weighted by molar-refractivity contribution is 5.57. The SMILES string of the molecule is C#C[C@]1(COC(c2ccccc2)(c2ccccc2)c2cccc(OC)c2OC)O[C@@H](n2cc(C)c(=O)[nH]c2=O)C[C@@H]1F. The van der Waals surface area contributed by atoms with Gasteiger partial charge in [-0.25, -0.2) is 9.18 Å². The molecule has 1 aromatic heterocycles. The molecule has 42 heavy (non-hydrogen) atoms. The van der Waals surface area contributed by atoms with Crippen LogP contribution in [0.1, 0.15) is 34.9 Å². The molecule has 0 radical (unpaired) electrons. The number of halogens is 1. The third kappa shape index (κ3) is 4.89. The van der Waals surface area contributed by atoms with Gasteiger partial charge in [-0.1, -0.05) is 78.7 Å². The second kappa shape index (κ2) is 11.7. The number of hydrogen-bond donors (Lipinski definition) is 1. The minimum atomic E-state index is -1.85. The molecule has 4 aromatic rings. The number of nitrogens with zero attached hydrogens (tertiary/aromatic N) is 1. The Labute approximate surface area is 242 Å². The number of benzene rings is 3. The standard InChI is InChI=1S/C33H31FN2O6/c1-5-32(27(34)19-28(42-32)36-20-22(2)30(37)35-31(36)38)21-41-33(23-13-8-6-9-14-23,24-15-10-7-11-16-24)25-17-12-18-26(39-3)29(25)40-4/h1,6-18,20,27-28H,19,21H2,2-4H3,(H,35,37,38)/t27-,28+,32+/m0/s1. The van der Waals surface area contributed by atoms with Gasteiger partial charge >= 0.3 is 5.69 Å². The van der Waals surface area contributed by atoms with Crippen LogP contribution in [0.4, 0.5) is 4.39 Å². The summed E-state index contributed by atoms with van der Waals surface area (Å²) in [4.78, 5) is 26.7. The molecule has 216 valence electrons. The minimum Gasteiger partial charge on any atom is -0.493 e. The molecule has 9 heteroatoms. The van der Waals surface area contributed by atoms with E-state index in [0.29, 0.717) is 17.1 Å². The van der Waals surface area contributed by atoms with Crippen molar-refractivity contribution in [3.05, 3.63) is 128 Å². The molecule has 5 rings (SSSR count). The average Bonchev–Trinajstić information content (AvgIpc) is 3.36. The number of rotatable bonds is 9. The van der Waals surface area contributed by atoms with Crippen molar-refractivity contribution in [3.63, 3.8) is 0 Å². The third-order valence-corrected chi connectivity index (χ3v) is 7.61. The Bertz CT molecular complexity index is 1670. The zero-order chi connectivity index (χ0) is 29.9. The van der Waals surface area contributed by atoms with E-state index < -0.39 is 34.9 Å². The van der Waals surface area contributed by atoms with Gasteiger partial charge in [0.15, 0.2) is 17.1 Å². The Morgan fingerprint density at radius 1 is 1.02 bits per heavy atom. The van der Waals surface area contributed by atoms with Gasteiger partial charge in [-0.3, -0.25) is 14.3 Å². The van der Waals surface area contributed by atoms with Crippen LogP contribution >= 0.6 is 0 Å². The van der Waals surface area contributed by atoms with Crippen molar-refractivity contribution in [1.29, 1.82) is 0 Å². The highest BCUT2D eigenvalue weighted by atomic mass is 19.1. The Hall–Kier alpha value is -4.65. The first-order valence-electron chi connectivity index (χ1n) is 13.4. The summed E-state index contributed by atoms with van der Waals surface area (Å²) >= 11 is 0. The molecule has 3 aromatic carbocycles. The van der Waals surface area contributed by atoms with Gasteiger partial charge in [-0.2, -0.15) is 0 Å². The lowest BCUT2D eigenvalue weighted by Crippen LogP contribution is -2.45. The number of terminal acetylenes is 1. The van der Waals surface area contributed by atoms with E-state index >= 15 is 4.39 Å². The summed E-state index contributed by atoms with van der Waals surface area (Å²) in [7, 11) is 3.08. The maximum Gasteiger partial charge on any atom is 0.330 e. The molecule has 0 aliphatic carbocycles. The van der Waals surface area contributed by atoms with Crippen LogP contribution in [0.15, 0.2) is 94.6 Å². The van der Waals surface area contributed by atoms with Crippen LogP contribution in [0.3, 0.4) is 0 Å². The summed E-state index contributed by atoms with van der Waals surface area (Å²) in [5.41, 5.74) is -2.11. The van der Waals surface area contributed by atoms with Gasteiger partial charge in [0.2, 0.25) is 0 Å². The third-order valence-electron chi connectivity index (χ3n) is 7.61. The molecule has 0 amide bonds. The molecule has 8 nitrogen and oxygen atoms in total. The van der Waals surface area contributed by atoms with Crippen molar-refractivity contribution >= 4 is 0 Å². The van der Waals surface area contributed by atoms with E-state index in [9.17, 15) is 9.59 Å². The summed E-state index contributed by atoms with van der Waals surface area (Å²) in [6, 6.07) is 24.4. The van der Waals surface area contributed by atoms with E-state index in [1.54, 1.807) is 20.1 Å². The van der Waals surface area contributed by atoms with Crippen LogP contribution in [0.2, 0.25) is 0 Å². The van der Waals surface area contributed by atoms with E-state index in [1.165, 1.54) is 13.3 Å². The van der Waals surface area contributed by atoms with Gasteiger partial charge in [0.25, 0.3) is 5.56 Å².